The average molecular weight is 293 g/mol. The number of halogens is 6. The van der Waals surface area contributed by atoms with Crippen LogP contribution in [0.1, 0.15) is 32.6 Å². The van der Waals surface area contributed by atoms with Gasteiger partial charge in [0.1, 0.15) is 0 Å². The fourth-order valence-electron chi connectivity index (χ4n) is 1.71. The van der Waals surface area contributed by atoms with E-state index in [1.165, 1.54) is 0 Å². The third-order valence-corrected chi connectivity index (χ3v) is 2.88. The molecule has 0 radical (unpaired) electrons. The molecule has 0 aromatic carbocycles. The van der Waals surface area contributed by atoms with E-state index in [1.807, 2.05) is 6.92 Å². The molecule has 1 unspecified atom stereocenters. The van der Waals surface area contributed by atoms with Crippen LogP contribution in [-0.2, 0) is 4.84 Å². The van der Waals surface area contributed by atoms with Crippen LogP contribution in [-0.4, -0.2) is 34.9 Å². The third kappa shape index (κ3) is 2.96. The second-order valence-electron chi connectivity index (χ2n) is 4.32. The van der Waals surface area contributed by atoms with Crippen LogP contribution >= 0.6 is 0 Å². The number of nitrogens with zero attached hydrogens (tertiary/aromatic N) is 1. The first kappa shape index (κ1) is 16.1. The van der Waals surface area contributed by atoms with Gasteiger partial charge in [-0.15, -0.1) is 0 Å². The first-order valence-corrected chi connectivity index (χ1v) is 5.61. The van der Waals surface area contributed by atoms with Gasteiger partial charge in [0.05, 0.1) is 5.71 Å². The number of unbranched alkanes of at least 4 members (excludes halogenated alkanes) is 1. The first-order valence-electron chi connectivity index (χ1n) is 5.61. The molecular formula is C10H13F6NO2. The summed E-state index contributed by atoms with van der Waals surface area (Å²) in [6.45, 7) is 1.82. The van der Waals surface area contributed by atoms with Crippen molar-refractivity contribution < 1.29 is 36.3 Å². The van der Waals surface area contributed by atoms with E-state index in [0.29, 0.717) is 12.8 Å². The largest absolute Gasteiger partial charge is 0.430 e. The minimum atomic E-state index is -5.88. The van der Waals surface area contributed by atoms with Crippen molar-refractivity contribution in [3.63, 3.8) is 0 Å². The maximum atomic E-state index is 12.5. The smallest absolute Gasteiger partial charge is 0.388 e. The van der Waals surface area contributed by atoms with Crippen LogP contribution in [0.15, 0.2) is 5.16 Å². The van der Waals surface area contributed by atoms with E-state index in [2.05, 4.69) is 9.99 Å². The summed E-state index contributed by atoms with van der Waals surface area (Å²) in [5.41, 5.74) is -4.81. The average Bonchev–Trinajstić information content (AvgIpc) is 2.70. The minimum absolute atomic E-state index is 0.0961. The zero-order valence-electron chi connectivity index (χ0n) is 9.98. The van der Waals surface area contributed by atoms with Gasteiger partial charge in [-0.05, 0) is 12.8 Å². The molecule has 1 atom stereocenters. The molecule has 1 heterocycles. The van der Waals surface area contributed by atoms with Crippen molar-refractivity contribution in [1.29, 1.82) is 0 Å². The summed E-state index contributed by atoms with van der Waals surface area (Å²) in [4.78, 5) is 4.18. The van der Waals surface area contributed by atoms with E-state index in [9.17, 15) is 26.3 Å². The van der Waals surface area contributed by atoms with Crippen LogP contribution in [0, 0.1) is 0 Å². The lowest BCUT2D eigenvalue weighted by Crippen LogP contribution is -2.64. The third-order valence-electron chi connectivity index (χ3n) is 2.88. The number of hydrogen-bond acceptors (Lipinski definition) is 3. The molecule has 112 valence electrons. The maximum absolute atomic E-state index is 12.5. The molecule has 0 saturated heterocycles. The molecule has 0 saturated carbocycles. The highest BCUT2D eigenvalue weighted by molar-refractivity contribution is 5.85. The van der Waals surface area contributed by atoms with Crippen molar-refractivity contribution in [2.75, 3.05) is 0 Å². The Kier molecular flexibility index (Phi) is 4.38. The van der Waals surface area contributed by atoms with Gasteiger partial charge in [0, 0.05) is 6.42 Å². The Hall–Kier alpha value is -0.990. The normalized spacial score (nSPS) is 21.3. The molecule has 0 aliphatic carbocycles. The lowest BCUT2D eigenvalue weighted by Gasteiger charge is -2.35. The van der Waals surface area contributed by atoms with E-state index in [-0.39, 0.29) is 12.1 Å². The monoisotopic (exact) mass is 293 g/mol. The van der Waals surface area contributed by atoms with Crippen LogP contribution in [0.2, 0.25) is 0 Å². The molecule has 3 nitrogen and oxygen atoms in total. The molecule has 0 amide bonds. The fourth-order valence-corrected chi connectivity index (χ4v) is 1.71. The Morgan fingerprint density at radius 3 is 2.16 bits per heavy atom. The van der Waals surface area contributed by atoms with Gasteiger partial charge >= 0.3 is 12.4 Å². The summed E-state index contributed by atoms with van der Waals surface area (Å²) in [5, 5.41) is 12.3. The van der Waals surface area contributed by atoms with Gasteiger partial charge in [0.15, 0.2) is 6.10 Å². The van der Waals surface area contributed by atoms with Gasteiger partial charge in [0.25, 0.3) is 5.60 Å². The molecule has 19 heavy (non-hydrogen) atoms. The van der Waals surface area contributed by atoms with Gasteiger partial charge in [-0.25, -0.2) is 0 Å². The SMILES string of the molecule is CCCCC1=NOC(C(O)(C(F)(F)F)C(F)(F)F)C1. The van der Waals surface area contributed by atoms with Gasteiger partial charge in [-0.2, -0.15) is 26.3 Å². The molecule has 0 aromatic heterocycles. The molecule has 1 rings (SSSR count). The number of oxime groups is 1. The summed E-state index contributed by atoms with van der Waals surface area (Å²) in [5.74, 6) is 0. The number of hydrogen-bond donors (Lipinski definition) is 1. The van der Waals surface area contributed by atoms with Gasteiger partial charge in [0.2, 0.25) is 0 Å². The standard InChI is InChI=1S/C10H13F6NO2/c1-2-3-4-6-5-7(19-17-6)8(18,9(11,12)13)10(14,15)16/h7,18H,2-5H2,1H3. The highest BCUT2D eigenvalue weighted by atomic mass is 19.4. The molecular weight excluding hydrogens is 280 g/mol. The van der Waals surface area contributed by atoms with E-state index in [0.717, 1.165) is 0 Å². The van der Waals surface area contributed by atoms with Gasteiger partial charge < -0.3 is 9.94 Å². The maximum Gasteiger partial charge on any atom is 0.430 e. The predicted molar refractivity (Wildman–Crippen MR) is 53.5 cm³/mol. The molecule has 1 aliphatic rings. The Balaban J connectivity index is 2.88. The van der Waals surface area contributed by atoms with Crippen LogP contribution in [0.4, 0.5) is 26.3 Å². The topological polar surface area (TPSA) is 41.8 Å². The van der Waals surface area contributed by atoms with Gasteiger partial charge in [-0.1, -0.05) is 18.5 Å². The Morgan fingerprint density at radius 1 is 1.21 bits per heavy atom. The predicted octanol–water partition coefficient (Wildman–Crippen LogP) is 3.18. The van der Waals surface area contributed by atoms with E-state index < -0.39 is 30.5 Å². The molecule has 0 fully saturated rings. The highest BCUT2D eigenvalue weighted by Gasteiger charge is 2.76. The molecule has 1 N–H and O–H groups in total. The number of rotatable bonds is 4. The second kappa shape index (κ2) is 5.18. The first-order chi connectivity index (χ1) is 8.54. The van der Waals surface area contributed by atoms with Crippen molar-refractivity contribution in [3.05, 3.63) is 0 Å². The molecule has 0 spiro atoms. The van der Waals surface area contributed by atoms with Crippen molar-refractivity contribution in [2.24, 2.45) is 5.16 Å². The van der Waals surface area contributed by atoms with Crippen LogP contribution in [0.25, 0.3) is 0 Å². The summed E-state index contributed by atoms with van der Waals surface area (Å²) in [7, 11) is 0. The minimum Gasteiger partial charge on any atom is -0.388 e. The van der Waals surface area contributed by atoms with Crippen molar-refractivity contribution in [3.8, 4) is 0 Å². The van der Waals surface area contributed by atoms with Crippen LogP contribution in [0.3, 0.4) is 0 Å². The zero-order chi connectivity index (χ0) is 14.9. The molecule has 9 heteroatoms. The van der Waals surface area contributed by atoms with Gasteiger partial charge in [-0.3, -0.25) is 0 Å². The summed E-state index contributed by atoms with van der Waals surface area (Å²) in [6.07, 6.45) is -13.4. The number of alkyl halides is 6. The Morgan fingerprint density at radius 2 is 1.74 bits per heavy atom. The molecule has 0 aromatic rings. The number of aliphatic hydroxyl groups is 1. The summed E-state index contributed by atoms with van der Waals surface area (Å²) < 4.78 is 75.2. The van der Waals surface area contributed by atoms with Crippen LogP contribution < -0.4 is 0 Å². The molecule has 1 aliphatic heterocycles. The lowest BCUT2D eigenvalue weighted by molar-refractivity contribution is -0.392. The summed E-state index contributed by atoms with van der Waals surface area (Å²) >= 11 is 0. The zero-order valence-corrected chi connectivity index (χ0v) is 9.98. The van der Waals surface area contributed by atoms with Crippen molar-refractivity contribution in [2.45, 2.75) is 56.7 Å². The summed E-state index contributed by atoms with van der Waals surface area (Å²) in [6, 6.07) is 0. The van der Waals surface area contributed by atoms with Crippen molar-refractivity contribution in [1.82, 2.24) is 0 Å². The molecule has 0 bridgehead atoms. The highest BCUT2D eigenvalue weighted by Crippen LogP contribution is 2.48. The van der Waals surface area contributed by atoms with E-state index in [1.54, 1.807) is 0 Å². The van der Waals surface area contributed by atoms with E-state index >= 15 is 0 Å². The quantitative estimate of drug-likeness (QED) is 0.809. The second-order valence-corrected chi connectivity index (χ2v) is 4.32. The lowest BCUT2D eigenvalue weighted by atomic mass is 9.90. The fraction of sp³-hybridized carbons (Fsp3) is 0.900. The van der Waals surface area contributed by atoms with Crippen molar-refractivity contribution >= 4 is 5.71 Å². The van der Waals surface area contributed by atoms with Crippen LogP contribution in [0.5, 0.6) is 0 Å². The van der Waals surface area contributed by atoms with E-state index in [4.69, 9.17) is 5.11 Å². The Bertz CT molecular complexity index is 335. The Labute approximate surface area is 105 Å².